The highest BCUT2D eigenvalue weighted by atomic mass is 32.2. The molecule has 3 rings (SSSR count). The van der Waals surface area contributed by atoms with E-state index in [9.17, 15) is 9.18 Å². The van der Waals surface area contributed by atoms with Gasteiger partial charge in [-0.15, -0.1) is 10.2 Å². The predicted octanol–water partition coefficient (Wildman–Crippen LogP) is 4.11. The van der Waals surface area contributed by atoms with Gasteiger partial charge in [0.15, 0.2) is 22.5 Å². The number of ether oxygens (including phenoxy) is 3. The van der Waals surface area contributed by atoms with Crippen molar-refractivity contribution in [3.8, 4) is 34.3 Å². The van der Waals surface area contributed by atoms with Crippen LogP contribution in [0.2, 0.25) is 0 Å². The van der Waals surface area contributed by atoms with Gasteiger partial charge < -0.3 is 19.5 Å². The molecule has 1 aromatic heterocycles. The Balaban J connectivity index is 2.08. The van der Waals surface area contributed by atoms with E-state index in [0.29, 0.717) is 33.8 Å². The van der Waals surface area contributed by atoms with E-state index in [1.165, 1.54) is 39.2 Å². The number of thioether (sulfide) groups is 1. The maximum Gasteiger partial charge on any atom is 0.230 e. The lowest BCUT2D eigenvalue weighted by molar-refractivity contribution is -0.119. The first-order valence-corrected chi connectivity index (χ1v) is 11.3. The third-order valence-corrected chi connectivity index (χ3v) is 5.93. The van der Waals surface area contributed by atoms with Crippen LogP contribution in [0.3, 0.4) is 0 Å². The number of nitrogens with one attached hydrogen (secondary N) is 1. The number of halogens is 1. The van der Waals surface area contributed by atoms with E-state index in [1.807, 2.05) is 13.8 Å². The van der Waals surface area contributed by atoms with Crippen molar-refractivity contribution in [2.24, 2.45) is 0 Å². The molecule has 3 aromatic rings. The van der Waals surface area contributed by atoms with Crippen molar-refractivity contribution in [2.45, 2.75) is 31.5 Å². The molecule has 0 aliphatic carbocycles. The number of hydrogen-bond donors (Lipinski definition) is 1. The molecule has 176 valence electrons. The van der Waals surface area contributed by atoms with E-state index in [1.54, 1.807) is 34.9 Å². The van der Waals surface area contributed by atoms with Crippen molar-refractivity contribution in [1.82, 2.24) is 20.1 Å². The fourth-order valence-electron chi connectivity index (χ4n) is 3.16. The minimum absolute atomic E-state index is 0.0670. The molecule has 1 atom stereocenters. The molecule has 2 aromatic carbocycles. The number of nitrogens with zero attached hydrogens (tertiary/aromatic N) is 3. The van der Waals surface area contributed by atoms with E-state index < -0.39 is 5.82 Å². The first-order chi connectivity index (χ1) is 15.9. The number of benzene rings is 2. The van der Waals surface area contributed by atoms with Crippen LogP contribution in [0.25, 0.3) is 17.1 Å². The zero-order valence-corrected chi connectivity index (χ0v) is 20.0. The lowest BCUT2D eigenvalue weighted by atomic mass is 10.1. The van der Waals surface area contributed by atoms with Crippen molar-refractivity contribution in [3.63, 3.8) is 0 Å². The molecule has 33 heavy (non-hydrogen) atoms. The average Bonchev–Trinajstić information content (AvgIpc) is 3.25. The standard InChI is InChI=1S/C23H27FN4O4S/c1-6-14(2)25-20(29)13-33-23-27-26-22(28(23)17-10-8-7-9-16(17)24)15-11-18(30-3)21(32-5)19(12-15)31-4/h7-12,14H,6,13H2,1-5H3,(H,25,29)/t14-/m0/s1. The maximum absolute atomic E-state index is 14.8. The summed E-state index contributed by atoms with van der Waals surface area (Å²) in [5.74, 6) is 1.19. The highest BCUT2D eigenvalue weighted by Gasteiger charge is 2.22. The smallest absolute Gasteiger partial charge is 0.230 e. The van der Waals surface area contributed by atoms with Gasteiger partial charge in [-0.25, -0.2) is 4.39 Å². The molecule has 0 radical (unpaired) electrons. The molecule has 0 aliphatic rings. The topological polar surface area (TPSA) is 87.5 Å². The molecule has 1 heterocycles. The van der Waals surface area contributed by atoms with Gasteiger partial charge in [0, 0.05) is 11.6 Å². The SMILES string of the molecule is CC[C@H](C)NC(=O)CSc1nnc(-c2cc(OC)c(OC)c(OC)c2)n1-c1ccccc1F. The van der Waals surface area contributed by atoms with Crippen LogP contribution in [0.15, 0.2) is 41.6 Å². The molecular weight excluding hydrogens is 447 g/mol. The monoisotopic (exact) mass is 474 g/mol. The second-order valence-corrected chi connectivity index (χ2v) is 8.12. The van der Waals surface area contributed by atoms with Gasteiger partial charge in [0.05, 0.1) is 32.8 Å². The molecule has 10 heteroatoms. The number of amides is 1. The zero-order chi connectivity index (χ0) is 24.0. The fourth-order valence-corrected chi connectivity index (χ4v) is 3.92. The first-order valence-electron chi connectivity index (χ1n) is 10.4. The van der Waals surface area contributed by atoms with E-state index in [4.69, 9.17) is 14.2 Å². The summed E-state index contributed by atoms with van der Waals surface area (Å²) in [5, 5.41) is 11.8. The molecule has 0 saturated heterocycles. The van der Waals surface area contributed by atoms with Crippen LogP contribution in [0.1, 0.15) is 20.3 Å². The van der Waals surface area contributed by atoms with E-state index >= 15 is 0 Å². The number of carbonyl (C=O) groups excluding carboxylic acids is 1. The highest BCUT2D eigenvalue weighted by molar-refractivity contribution is 7.99. The molecule has 0 fully saturated rings. The average molecular weight is 475 g/mol. The third kappa shape index (κ3) is 5.39. The van der Waals surface area contributed by atoms with Gasteiger partial charge in [-0.2, -0.15) is 0 Å². The van der Waals surface area contributed by atoms with Gasteiger partial charge in [-0.1, -0.05) is 30.8 Å². The van der Waals surface area contributed by atoms with Gasteiger partial charge in [0.25, 0.3) is 0 Å². The number of hydrogen-bond acceptors (Lipinski definition) is 7. The Kier molecular flexibility index (Phi) is 8.16. The van der Waals surface area contributed by atoms with E-state index in [0.717, 1.165) is 6.42 Å². The zero-order valence-electron chi connectivity index (χ0n) is 19.2. The molecule has 1 amide bonds. The lowest BCUT2D eigenvalue weighted by Crippen LogP contribution is -2.33. The van der Waals surface area contributed by atoms with Gasteiger partial charge in [-0.3, -0.25) is 9.36 Å². The van der Waals surface area contributed by atoms with Crippen molar-refractivity contribution < 1.29 is 23.4 Å². The Labute approximate surface area is 196 Å². The molecule has 0 spiro atoms. The number of carbonyl (C=O) groups is 1. The number of aromatic nitrogens is 3. The fraction of sp³-hybridized carbons (Fsp3) is 0.348. The van der Waals surface area contributed by atoms with Crippen LogP contribution in [-0.4, -0.2) is 53.8 Å². The maximum atomic E-state index is 14.8. The quantitative estimate of drug-likeness (QED) is 0.443. The van der Waals surface area contributed by atoms with Crippen LogP contribution in [-0.2, 0) is 4.79 Å². The van der Waals surface area contributed by atoms with Crippen molar-refractivity contribution >= 4 is 17.7 Å². The van der Waals surface area contributed by atoms with Crippen LogP contribution in [0.4, 0.5) is 4.39 Å². The highest BCUT2D eigenvalue weighted by Crippen LogP contribution is 2.41. The van der Waals surface area contributed by atoms with Crippen molar-refractivity contribution in [3.05, 3.63) is 42.2 Å². The molecule has 0 aliphatic heterocycles. The second kappa shape index (κ2) is 11.0. The summed E-state index contributed by atoms with van der Waals surface area (Å²) in [5.41, 5.74) is 0.840. The second-order valence-electron chi connectivity index (χ2n) is 7.17. The van der Waals surface area contributed by atoms with Gasteiger partial charge in [0.2, 0.25) is 11.7 Å². The summed E-state index contributed by atoms with van der Waals surface area (Å²) in [6.45, 7) is 3.93. The Morgan fingerprint density at radius 1 is 1.12 bits per heavy atom. The summed E-state index contributed by atoms with van der Waals surface area (Å²) < 4.78 is 32.7. The summed E-state index contributed by atoms with van der Waals surface area (Å²) in [6, 6.07) is 9.81. The summed E-state index contributed by atoms with van der Waals surface area (Å²) >= 11 is 1.18. The molecule has 0 saturated carbocycles. The molecule has 1 N–H and O–H groups in total. The Morgan fingerprint density at radius 2 is 1.79 bits per heavy atom. The van der Waals surface area contributed by atoms with Crippen molar-refractivity contribution in [1.29, 1.82) is 0 Å². The van der Waals surface area contributed by atoms with Crippen molar-refractivity contribution in [2.75, 3.05) is 27.1 Å². The first kappa shape index (κ1) is 24.4. The lowest BCUT2D eigenvalue weighted by Gasteiger charge is -2.15. The number of methoxy groups -OCH3 is 3. The van der Waals surface area contributed by atoms with Crippen LogP contribution < -0.4 is 19.5 Å². The van der Waals surface area contributed by atoms with Gasteiger partial charge in [0.1, 0.15) is 5.82 Å². The molecule has 0 unspecified atom stereocenters. The molecule has 0 bridgehead atoms. The van der Waals surface area contributed by atoms with Crippen LogP contribution in [0.5, 0.6) is 17.2 Å². The van der Waals surface area contributed by atoms with E-state index in [2.05, 4.69) is 15.5 Å². The predicted molar refractivity (Wildman–Crippen MR) is 125 cm³/mol. The largest absolute Gasteiger partial charge is 0.493 e. The van der Waals surface area contributed by atoms with Gasteiger partial charge in [-0.05, 0) is 37.6 Å². The van der Waals surface area contributed by atoms with E-state index in [-0.39, 0.29) is 23.4 Å². The van der Waals surface area contributed by atoms with Crippen LogP contribution >= 0.6 is 11.8 Å². The Bertz CT molecular complexity index is 1100. The Morgan fingerprint density at radius 3 is 2.36 bits per heavy atom. The van der Waals surface area contributed by atoms with Crippen LogP contribution in [0, 0.1) is 5.82 Å². The molecular formula is C23H27FN4O4S. The van der Waals surface area contributed by atoms with Gasteiger partial charge >= 0.3 is 0 Å². The summed E-state index contributed by atoms with van der Waals surface area (Å²) in [6.07, 6.45) is 0.826. The third-order valence-electron chi connectivity index (χ3n) is 5.00. The number of para-hydroxylation sites is 1. The normalized spacial score (nSPS) is 11.7. The Hall–Kier alpha value is -3.27. The summed E-state index contributed by atoms with van der Waals surface area (Å²) in [4.78, 5) is 12.3. The summed E-state index contributed by atoms with van der Waals surface area (Å²) in [7, 11) is 4.54. The minimum atomic E-state index is -0.447. The number of rotatable bonds is 10. The molecule has 8 nitrogen and oxygen atoms in total. The minimum Gasteiger partial charge on any atom is -0.493 e.